The highest BCUT2D eigenvalue weighted by molar-refractivity contribution is 5.20. The molecule has 1 aromatic carbocycles. The zero-order valence-electron chi connectivity index (χ0n) is 12.5. The molecule has 1 aromatic rings. The fourth-order valence-corrected chi connectivity index (χ4v) is 3.51. The van der Waals surface area contributed by atoms with Crippen LogP contribution in [0.1, 0.15) is 44.7 Å². The fourth-order valence-electron chi connectivity index (χ4n) is 3.51. The van der Waals surface area contributed by atoms with Gasteiger partial charge in [0.2, 0.25) is 0 Å². The van der Waals surface area contributed by atoms with Crippen LogP contribution in [0.15, 0.2) is 24.3 Å². The van der Waals surface area contributed by atoms with Crippen LogP contribution in [0.4, 0.5) is 4.39 Å². The van der Waals surface area contributed by atoms with Crippen LogP contribution in [-0.4, -0.2) is 30.1 Å². The lowest BCUT2D eigenvalue weighted by Gasteiger charge is -2.37. The van der Waals surface area contributed by atoms with Crippen molar-refractivity contribution in [1.29, 1.82) is 0 Å². The molecule has 2 nitrogen and oxygen atoms in total. The maximum absolute atomic E-state index is 13.4. The third-order valence-corrected chi connectivity index (χ3v) is 5.04. The molecule has 2 atom stereocenters. The summed E-state index contributed by atoms with van der Waals surface area (Å²) in [5.41, 5.74) is 1.32. The van der Waals surface area contributed by atoms with E-state index in [4.69, 9.17) is 0 Å². The van der Waals surface area contributed by atoms with Gasteiger partial charge in [0.05, 0.1) is 0 Å². The highest BCUT2D eigenvalue weighted by Crippen LogP contribution is 2.41. The maximum atomic E-state index is 13.4. The van der Waals surface area contributed by atoms with Crippen molar-refractivity contribution in [3.05, 3.63) is 35.6 Å². The van der Waals surface area contributed by atoms with Gasteiger partial charge < -0.3 is 5.32 Å². The van der Waals surface area contributed by atoms with E-state index in [1.807, 2.05) is 12.1 Å². The van der Waals surface area contributed by atoms with Gasteiger partial charge in [-0.05, 0) is 63.3 Å². The van der Waals surface area contributed by atoms with E-state index in [1.165, 1.54) is 25.3 Å². The summed E-state index contributed by atoms with van der Waals surface area (Å²) in [6.45, 7) is 7.82. The van der Waals surface area contributed by atoms with Gasteiger partial charge in [-0.15, -0.1) is 0 Å². The van der Waals surface area contributed by atoms with Crippen molar-refractivity contribution in [2.24, 2.45) is 5.92 Å². The second kappa shape index (κ2) is 5.45. The molecule has 3 rings (SSSR count). The van der Waals surface area contributed by atoms with Gasteiger partial charge in [0.15, 0.2) is 0 Å². The number of nitrogens with zero attached hydrogens (tertiary/aromatic N) is 1. The molecule has 1 aliphatic carbocycles. The Labute approximate surface area is 121 Å². The molecule has 1 saturated heterocycles. The molecule has 0 amide bonds. The lowest BCUT2D eigenvalue weighted by atomic mass is 9.94. The summed E-state index contributed by atoms with van der Waals surface area (Å²) in [6, 6.07) is 7.34. The Balaban J connectivity index is 1.77. The zero-order chi connectivity index (χ0) is 14.2. The van der Waals surface area contributed by atoms with Gasteiger partial charge in [0, 0.05) is 24.7 Å². The van der Waals surface area contributed by atoms with E-state index in [-0.39, 0.29) is 17.4 Å². The maximum Gasteiger partial charge on any atom is 0.123 e. The number of nitrogens with one attached hydrogen (secondary N) is 1. The van der Waals surface area contributed by atoms with Crippen LogP contribution in [-0.2, 0) is 0 Å². The molecule has 2 fully saturated rings. The van der Waals surface area contributed by atoms with Crippen LogP contribution < -0.4 is 5.32 Å². The number of benzene rings is 1. The average molecular weight is 276 g/mol. The first-order valence-electron chi connectivity index (χ1n) is 7.83. The summed E-state index contributed by atoms with van der Waals surface area (Å²) < 4.78 is 13.4. The first-order valence-corrected chi connectivity index (χ1v) is 7.83. The summed E-state index contributed by atoms with van der Waals surface area (Å²) in [6.07, 6.45) is 3.87. The highest BCUT2D eigenvalue weighted by Gasteiger charge is 2.43. The molecule has 0 spiro atoms. The van der Waals surface area contributed by atoms with E-state index >= 15 is 0 Å². The van der Waals surface area contributed by atoms with E-state index < -0.39 is 0 Å². The molecule has 0 radical (unpaired) electrons. The number of rotatable bonds is 3. The Morgan fingerprint density at radius 2 is 2.20 bits per heavy atom. The number of halogens is 1. The van der Waals surface area contributed by atoms with Crippen LogP contribution in [0, 0.1) is 11.7 Å². The van der Waals surface area contributed by atoms with E-state index in [0.717, 1.165) is 31.1 Å². The van der Waals surface area contributed by atoms with E-state index in [1.54, 1.807) is 6.07 Å². The van der Waals surface area contributed by atoms with Gasteiger partial charge in [-0.3, -0.25) is 4.90 Å². The van der Waals surface area contributed by atoms with Crippen LogP contribution in [0.3, 0.4) is 0 Å². The van der Waals surface area contributed by atoms with Crippen molar-refractivity contribution in [1.82, 2.24) is 10.2 Å². The molecule has 1 N–H and O–H groups in total. The Morgan fingerprint density at radius 1 is 1.40 bits per heavy atom. The second-order valence-electron chi connectivity index (χ2n) is 6.67. The topological polar surface area (TPSA) is 15.3 Å². The molecule has 2 unspecified atom stereocenters. The van der Waals surface area contributed by atoms with Gasteiger partial charge in [0.25, 0.3) is 0 Å². The molecule has 1 saturated carbocycles. The van der Waals surface area contributed by atoms with Crippen molar-refractivity contribution in [2.75, 3.05) is 19.6 Å². The molecular formula is C17H25FN2. The lowest BCUT2D eigenvalue weighted by molar-refractivity contribution is 0.159. The minimum atomic E-state index is -0.132. The van der Waals surface area contributed by atoms with E-state index in [0.29, 0.717) is 0 Å². The number of hydrogen-bond donors (Lipinski definition) is 1. The van der Waals surface area contributed by atoms with Crippen LogP contribution >= 0.6 is 0 Å². The first kappa shape index (κ1) is 14.0. The average Bonchev–Trinajstić information content (AvgIpc) is 3.25. The smallest absolute Gasteiger partial charge is 0.123 e. The number of hydrogen-bond acceptors (Lipinski definition) is 2. The lowest BCUT2D eigenvalue weighted by Crippen LogP contribution is -2.51. The molecule has 1 aliphatic heterocycles. The van der Waals surface area contributed by atoms with Crippen molar-refractivity contribution in [2.45, 2.75) is 44.7 Å². The molecular weight excluding hydrogens is 251 g/mol. The van der Waals surface area contributed by atoms with Crippen LogP contribution in [0.2, 0.25) is 0 Å². The second-order valence-corrected chi connectivity index (χ2v) is 6.67. The van der Waals surface area contributed by atoms with Gasteiger partial charge in [0.1, 0.15) is 5.82 Å². The van der Waals surface area contributed by atoms with Gasteiger partial charge in [-0.25, -0.2) is 4.39 Å². The summed E-state index contributed by atoms with van der Waals surface area (Å²) in [7, 11) is 0. The highest BCUT2D eigenvalue weighted by atomic mass is 19.1. The normalized spacial score (nSPS) is 29.9. The van der Waals surface area contributed by atoms with Crippen molar-refractivity contribution < 1.29 is 4.39 Å². The van der Waals surface area contributed by atoms with Crippen molar-refractivity contribution in [3.8, 4) is 0 Å². The fraction of sp³-hybridized carbons (Fsp3) is 0.647. The predicted octanol–water partition coefficient (Wildman–Crippen LogP) is 3.35. The standard InChI is InChI=1S/C17H25FN2/c1-13(14-5-3-6-16(18)11-14)20-10-4-9-19-17(2,12-20)15-7-8-15/h3,5-6,11,13,15,19H,4,7-10,12H2,1-2H3. The molecule has 20 heavy (non-hydrogen) atoms. The third-order valence-electron chi connectivity index (χ3n) is 5.04. The summed E-state index contributed by atoms with van der Waals surface area (Å²) in [5, 5.41) is 3.75. The molecule has 3 heteroatoms. The molecule has 0 aromatic heterocycles. The predicted molar refractivity (Wildman–Crippen MR) is 80.1 cm³/mol. The van der Waals surface area contributed by atoms with Gasteiger partial charge in [-0.2, -0.15) is 0 Å². The molecule has 2 aliphatic rings. The third kappa shape index (κ3) is 2.89. The van der Waals surface area contributed by atoms with Gasteiger partial charge in [-0.1, -0.05) is 12.1 Å². The first-order chi connectivity index (χ1) is 9.58. The Morgan fingerprint density at radius 3 is 2.90 bits per heavy atom. The van der Waals surface area contributed by atoms with Crippen molar-refractivity contribution in [3.63, 3.8) is 0 Å². The minimum absolute atomic E-state index is 0.132. The van der Waals surface area contributed by atoms with E-state index in [9.17, 15) is 4.39 Å². The quantitative estimate of drug-likeness (QED) is 0.911. The van der Waals surface area contributed by atoms with Gasteiger partial charge >= 0.3 is 0 Å². The monoisotopic (exact) mass is 276 g/mol. The SMILES string of the molecule is CC(c1cccc(F)c1)N1CCCNC(C)(C2CC2)C1. The summed E-state index contributed by atoms with van der Waals surface area (Å²) in [4.78, 5) is 2.52. The van der Waals surface area contributed by atoms with Crippen LogP contribution in [0.25, 0.3) is 0 Å². The molecule has 0 bridgehead atoms. The summed E-state index contributed by atoms with van der Waals surface area (Å²) >= 11 is 0. The Hall–Kier alpha value is -0.930. The largest absolute Gasteiger partial charge is 0.310 e. The van der Waals surface area contributed by atoms with Crippen LogP contribution in [0.5, 0.6) is 0 Å². The molecule has 1 heterocycles. The zero-order valence-corrected chi connectivity index (χ0v) is 12.5. The summed E-state index contributed by atoms with van der Waals surface area (Å²) in [5.74, 6) is 0.690. The Kier molecular flexibility index (Phi) is 3.83. The van der Waals surface area contributed by atoms with Crippen molar-refractivity contribution >= 4 is 0 Å². The van der Waals surface area contributed by atoms with E-state index in [2.05, 4.69) is 24.1 Å². The minimum Gasteiger partial charge on any atom is -0.310 e. The molecule has 110 valence electrons. The Bertz CT molecular complexity index is 472.